The van der Waals surface area contributed by atoms with E-state index < -0.39 is 11.8 Å². The van der Waals surface area contributed by atoms with E-state index in [9.17, 15) is 9.59 Å². The minimum Gasteiger partial charge on any atom is -0.342 e. The number of amides is 2. The lowest BCUT2D eigenvalue weighted by Gasteiger charge is -2.30. The molecule has 0 radical (unpaired) electrons. The molecule has 1 atom stereocenters. The predicted molar refractivity (Wildman–Crippen MR) is 71.1 cm³/mol. The standard InChI is InChI=1S/C14H19N3O2/c1-11-5-4-8-17(10-11)14(19)13(18)16-9-12-6-2-3-7-15-12/h2-3,6-7,11H,4-5,8-10H2,1H3,(H,16,18). The summed E-state index contributed by atoms with van der Waals surface area (Å²) in [6.07, 6.45) is 3.76. The van der Waals surface area contributed by atoms with Crippen molar-refractivity contribution in [1.29, 1.82) is 0 Å². The van der Waals surface area contributed by atoms with Crippen LogP contribution in [-0.2, 0) is 16.1 Å². The second-order valence-corrected chi connectivity index (χ2v) is 5.00. The Morgan fingerprint density at radius 1 is 1.47 bits per heavy atom. The van der Waals surface area contributed by atoms with Crippen LogP contribution in [0.3, 0.4) is 0 Å². The van der Waals surface area contributed by atoms with E-state index in [1.54, 1.807) is 11.1 Å². The highest BCUT2D eigenvalue weighted by Gasteiger charge is 2.25. The monoisotopic (exact) mass is 261 g/mol. The van der Waals surface area contributed by atoms with E-state index in [4.69, 9.17) is 0 Å². The summed E-state index contributed by atoms with van der Waals surface area (Å²) in [4.78, 5) is 29.5. The molecule has 102 valence electrons. The quantitative estimate of drug-likeness (QED) is 0.806. The Morgan fingerprint density at radius 2 is 2.32 bits per heavy atom. The van der Waals surface area contributed by atoms with E-state index in [1.807, 2.05) is 18.2 Å². The maximum absolute atomic E-state index is 12.0. The molecule has 5 heteroatoms. The number of carbonyl (C=O) groups excluding carboxylic acids is 2. The van der Waals surface area contributed by atoms with E-state index in [1.165, 1.54) is 0 Å². The third kappa shape index (κ3) is 3.77. The highest BCUT2D eigenvalue weighted by molar-refractivity contribution is 6.34. The number of likely N-dealkylation sites (tertiary alicyclic amines) is 1. The average Bonchev–Trinajstić information content (AvgIpc) is 2.45. The first-order valence-corrected chi connectivity index (χ1v) is 6.64. The summed E-state index contributed by atoms with van der Waals surface area (Å²) in [7, 11) is 0. The highest BCUT2D eigenvalue weighted by atomic mass is 16.2. The number of nitrogens with one attached hydrogen (secondary N) is 1. The Bertz CT molecular complexity index is 447. The van der Waals surface area contributed by atoms with E-state index in [2.05, 4.69) is 17.2 Å². The van der Waals surface area contributed by atoms with E-state index in [0.29, 0.717) is 19.0 Å². The number of rotatable bonds is 2. The maximum Gasteiger partial charge on any atom is 0.311 e. The lowest BCUT2D eigenvalue weighted by molar-refractivity contribution is -0.147. The van der Waals surface area contributed by atoms with E-state index in [0.717, 1.165) is 18.5 Å². The van der Waals surface area contributed by atoms with Gasteiger partial charge < -0.3 is 10.2 Å². The summed E-state index contributed by atoms with van der Waals surface area (Å²) < 4.78 is 0. The number of hydrogen-bond donors (Lipinski definition) is 1. The molecule has 1 aromatic rings. The number of nitrogens with zero attached hydrogens (tertiary/aromatic N) is 2. The molecule has 2 amide bonds. The molecule has 0 bridgehead atoms. The smallest absolute Gasteiger partial charge is 0.311 e. The molecule has 1 aromatic heterocycles. The van der Waals surface area contributed by atoms with Crippen molar-refractivity contribution >= 4 is 11.8 Å². The minimum atomic E-state index is -0.542. The summed E-state index contributed by atoms with van der Waals surface area (Å²) in [6, 6.07) is 5.47. The van der Waals surface area contributed by atoms with Gasteiger partial charge in [0.1, 0.15) is 0 Å². The van der Waals surface area contributed by atoms with Crippen molar-refractivity contribution in [2.75, 3.05) is 13.1 Å². The van der Waals surface area contributed by atoms with Crippen molar-refractivity contribution in [2.24, 2.45) is 5.92 Å². The molecule has 0 spiro atoms. The van der Waals surface area contributed by atoms with Crippen LogP contribution < -0.4 is 5.32 Å². The van der Waals surface area contributed by atoms with E-state index in [-0.39, 0.29) is 6.54 Å². The molecular formula is C14H19N3O2. The van der Waals surface area contributed by atoms with Crippen LogP contribution in [0.15, 0.2) is 24.4 Å². The van der Waals surface area contributed by atoms with Gasteiger partial charge in [-0.05, 0) is 30.9 Å². The molecular weight excluding hydrogens is 242 g/mol. The number of piperidine rings is 1. The van der Waals surface area contributed by atoms with Gasteiger partial charge >= 0.3 is 11.8 Å². The molecule has 19 heavy (non-hydrogen) atoms. The Balaban J connectivity index is 1.84. The van der Waals surface area contributed by atoms with Crippen molar-refractivity contribution in [2.45, 2.75) is 26.3 Å². The van der Waals surface area contributed by atoms with Gasteiger partial charge in [0.2, 0.25) is 0 Å². The van der Waals surface area contributed by atoms with Crippen LogP contribution in [0, 0.1) is 5.92 Å². The summed E-state index contributed by atoms with van der Waals surface area (Å²) in [6.45, 7) is 3.75. The molecule has 1 saturated heterocycles. The Labute approximate surface area is 113 Å². The van der Waals surface area contributed by atoms with Crippen LogP contribution in [0.5, 0.6) is 0 Å². The largest absolute Gasteiger partial charge is 0.342 e. The highest BCUT2D eigenvalue weighted by Crippen LogP contribution is 2.15. The maximum atomic E-state index is 12.0. The Hall–Kier alpha value is -1.91. The van der Waals surface area contributed by atoms with Crippen LogP contribution in [-0.4, -0.2) is 34.8 Å². The summed E-state index contributed by atoms with van der Waals surface area (Å²) in [5.41, 5.74) is 0.746. The van der Waals surface area contributed by atoms with Gasteiger partial charge in [0, 0.05) is 19.3 Å². The van der Waals surface area contributed by atoms with Crippen LogP contribution in [0.4, 0.5) is 0 Å². The average molecular weight is 261 g/mol. The van der Waals surface area contributed by atoms with Gasteiger partial charge in [0.25, 0.3) is 0 Å². The Kier molecular flexibility index (Phi) is 4.49. The van der Waals surface area contributed by atoms with Gasteiger partial charge in [-0.1, -0.05) is 13.0 Å². The van der Waals surface area contributed by atoms with Gasteiger partial charge in [-0.2, -0.15) is 0 Å². The molecule has 1 unspecified atom stereocenters. The van der Waals surface area contributed by atoms with Crippen molar-refractivity contribution < 1.29 is 9.59 Å². The first-order chi connectivity index (χ1) is 9.16. The van der Waals surface area contributed by atoms with Crippen LogP contribution in [0.25, 0.3) is 0 Å². The summed E-state index contributed by atoms with van der Waals surface area (Å²) in [5, 5.41) is 2.62. The zero-order chi connectivity index (χ0) is 13.7. The molecule has 0 aromatic carbocycles. The van der Waals surface area contributed by atoms with Gasteiger partial charge in [0.05, 0.1) is 12.2 Å². The van der Waals surface area contributed by atoms with Crippen molar-refractivity contribution in [3.8, 4) is 0 Å². The van der Waals surface area contributed by atoms with Crippen LogP contribution >= 0.6 is 0 Å². The number of aromatic nitrogens is 1. The molecule has 1 aliphatic heterocycles. The number of hydrogen-bond acceptors (Lipinski definition) is 3. The zero-order valence-corrected chi connectivity index (χ0v) is 11.1. The first kappa shape index (κ1) is 13.5. The second kappa shape index (κ2) is 6.31. The zero-order valence-electron chi connectivity index (χ0n) is 11.1. The first-order valence-electron chi connectivity index (χ1n) is 6.64. The molecule has 5 nitrogen and oxygen atoms in total. The van der Waals surface area contributed by atoms with Gasteiger partial charge in [-0.3, -0.25) is 14.6 Å². The fourth-order valence-corrected chi connectivity index (χ4v) is 2.27. The molecule has 1 fully saturated rings. The van der Waals surface area contributed by atoms with Crippen molar-refractivity contribution in [3.63, 3.8) is 0 Å². The van der Waals surface area contributed by atoms with Crippen molar-refractivity contribution in [3.05, 3.63) is 30.1 Å². The second-order valence-electron chi connectivity index (χ2n) is 5.00. The Morgan fingerprint density at radius 3 is 3.00 bits per heavy atom. The summed E-state index contributed by atoms with van der Waals surface area (Å²) in [5.74, 6) is -0.497. The molecule has 0 aliphatic carbocycles. The lowest BCUT2D eigenvalue weighted by atomic mass is 10.0. The number of carbonyl (C=O) groups is 2. The normalized spacial score (nSPS) is 19.0. The molecule has 1 N–H and O–H groups in total. The third-order valence-corrected chi connectivity index (χ3v) is 3.29. The SMILES string of the molecule is CC1CCCN(C(=O)C(=O)NCc2ccccn2)C1. The van der Waals surface area contributed by atoms with Gasteiger partial charge in [-0.15, -0.1) is 0 Å². The molecule has 2 heterocycles. The fourth-order valence-electron chi connectivity index (χ4n) is 2.27. The minimum absolute atomic E-state index is 0.287. The van der Waals surface area contributed by atoms with Crippen molar-refractivity contribution in [1.82, 2.24) is 15.2 Å². The third-order valence-electron chi connectivity index (χ3n) is 3.29. The topological polar surface area (TPSA) is 62.3 Å². The van der Waals surface area contributed by atoms with Gasteiger partial charge in [-0.25, -0.2) is 0 Å². The van der Waals surface area contributed by atoms with E-state index >= 15 is 0 Å². The molecule has 1 aliphatic rings. The predicted octanol–water partition coefficient (Wildman–Crippen LogP) is 0.956. The fraction of sp³-hybridized carbons (Fsp3) is 0.500. The molecule has 2 rings (SSSR count). The molecule has 0 saturated carbocycles. The van der Waals surface area contributed by atoms with Crippen LogP contribution in [0.2, 0.25) is 0 Å². The van der Waals surface area contributed by atoms with Crippen LogP contribution in [0.1, 0.15) is 25.5 Å². The number of pyridine rings is 1. The lowest BCUT2D eigenvalue weighted by Crippen LogP contribution is -2.46. The van der Waals surface area contributed by atoms with Gasteiger partial charge in [0.15, 0.2) is 0 Å². The summed E-state index contributed by atoms with van der Waals surface area (Å²) >= 11 is 0.